The Kier molecular flexibility index (Phi) is 5.81. The van der Waals surface area contributed by atoms with Crippen molar-refractivity contribution in [2.24, 2.45) is 13.0 Å². The number of ether oxygens (including phenoxy) is 1. The summed E-state index contributed by atoms with van der Waals surface area (Å²) < 4.78 is 36.0. The van der Waals surface area contributed by atoms with Gasteiger partial charge in [-0.15, -0.1) is 0 Å². The van der Waals surface area contributed by atoms with Crippen LogP contribution in [-0.4, -0.2) is 40.8 Å². The summed E-state index contributed by atoms with van der Waals surface area (Å²) in [6, 6.07) is 9.16. The Labute approximate surface area is 188 Å². The van der Waals surface area contributed by atoms with Crippen LogP contribution in [0.1, 0.15) is 31.4 Å². The quantitative estimate of drug-likeness (QED) is 0.620. The van der Waals surface area contributed by atoms with Gasteiger partial charge in [0, 0.05) is 24.7 Å². The highest BCUT2D eigenvalue weighted by molar-refractivity contribution is 7.92. The summed E-state index contributed by atoms with van der Waals surface area (Å²) in [5, 5.41) is 7.44. The molecule has 4 bridgehead atoms. The first-order valence-corrected chi connectivity index (χ1v) is 12.0. The number of nitrogens with one attached hydrogen (secondary N) is 2. The number of hydrogen-bond acceptors (Lipinski definition) is 7. The van der Waals surface area contributed by atoms with Gasteiger partial charge >= 0.3 is 0 Å². The van der Waals surface area contributed by atoms with Crippen LogP contribution in [0.15, 0.2) is 35.4 Å². The third-order valence-corrected chi connectivity index (χ3v) is 6.54. The molecule has 3 aromatic rings. The highest BCUT2D eigenvalue weighted by Crippen LogP contribution is 2.30. The number of aryl methyl sites for hydroxylation is 3. The van der Waals surface area contributed by atoms with Crippen LogP contribution in [0, 0.1) is 19.8 Å². The Morgan fingerprint density at radius 2 is 1.91 bits per heavy atom. The number of benzene rings is 1. The first-order chi connectivity index (χ1) is 15.1. The molecule has 10 heteroatoms. The molecule has 0 spiro atoms. The van der Waals surface area contributed by atoms with Crippen molar-refractivity contribution < 1.29 is 13.2 Å². The molecule has 1 aliphatic rings. The lowest BCUT2D eigenvalue weighted by atomic mass is 10.00. The second-order valence-electron chi connectivity index (χ2n) is 8.56. The second-order valence-corrected chi connectivity index (χ2v) is 10.2. The normalized spacial score (nSPS) is 17.5. The molecular formula is C22H28N6O3S. The molecule has 1 atom stereocenters. The minimum atomic E-state index is -3.99. The molecule has 32 heavy (non-hydrogen) atoms. The Bertz CT molecular complexity index is 1230. The fourth-order valence-corrected chi connectivity index (χ4v) is 4.84. The molecule has 2 aromatic heterocycles. The summed E-state index contributed by atoms with van der Waals surface area (Å²) in [5.41, 5.74) is 3.57. The van der Waals surface area contributed by atoms with Crippen molar-refractivity contribution >= 4 is 21.8 Å². The van der Waals surface area contributed by atoms with Crippen LogP contribution in [-0.2, 0) is 17.1 Å². The lowest BCUT2D eigenvalue weighted by Gasteiger charge is -2.22. The van der Waals surface area contributed by atoms with Gasteiger partial charge in [0.1, 0.15) is 12.4 Å². The zero-order valence-corrected chi connectivity index (χ0v) is 19.7. The lowest BCUT2D eigenvalue weighted by molar-refractivity contribution is 0.271. The number of rotatable bonds is 3. The highest BCUT2D eigenvalue weighted by atomic mass is 32.2. The first kappa shape index (κ1) is 22.1. The molecule has 1 aromatic carbocycles. The summed E-state index contributed by atoms with van der Waals surface area (Å²) in [6.45, 7) is 8.59. The molecule has 0 unspecified atom stereocenters. The summed E-state index contributed by atoms with van der Waals surface area (Å²) in [7, 11) is -2.29. The van der Waals surface area contributed by atoms with Gasteiger partial charge in [-0.25, -0.2) is 9.71 Å². The maximum atomic E-state index is 13.0. The van der Waals surface area contributed by atoms with E-state index >= 15 is 0 Å². The highest BCUT2D eigenvalue weighted by Gasteiger charge is 2.25. The molecule has 0 radical (unpaired) electrons. The number of fused-ring (bicyclic) bond motifs is 4. The number of sulfonamides is 1. The van der Waals surface area contributed by atoms with E-state index in [0.717, 1.165) is 23.1 Å². The van der Waals surface area contributed by atoms with Crippen LogP contribution >= 0.6 is 0 Å². The predicted molar refractivity (Wildman–Crippen MR) is 123 cm³/mol. The fraction of sp³-hybridized carbons (Fsp3) is 0.409. The van der Waals surface area contributed by atoms with Crippen molar-refractivity contribution in [1.29, 1.82) is 0 Å². The van der Waals surface area contributed by atoms with E-state index in [1.165, 1.54) is 10.7 Å². The third kappa shape index (κ3) is 4.55. The van der Waals surface area contributed by atoms with Crippen LogP contribution in [0.3, 0.4) is 0 Å². The molecular weight excluding hydrogens is 428 g/mol. The van der Waals surface area contributed by atoms with Crippen molar-refractivity contribution in [3.8, 4) is 17.1 Å². The number of hydrogen-bond donors (Lipinski definition) is 2. The van der Waals surface area contributed by atoms with Gasteiger partial charge in [-0.05, 0) is 37.3 Å². The van der Waals surface area contributed by atoms with E-state index < -0.39 is 10.0 Å². The van der Waals surface area contributed by atoms with Crippen molar-refractivity contribution in [2.75, 3.05) is 16.6 Å². The topological polar surface area (TPSA) is 111 Å². The molecule has 0 saturated heterocycles. The number of anilines is 2. The van der Waals surface area contributed by atoms with E-state index in [1.54, 1.807) is 13.1 Å². The Hall–Kier alpha value is -3.14. The van der Waals surface area contributed by atoms with E-state index in [2.05, 4.69) is 39.0 Å². The van der Waals surface area contributed by atoms with Gasteiger partial charge in [0.05, 0.1) is 11.7 Å². The van der Waals surface area contributed by atoms with E-state index in [0.29, 0.717) is 29.9 Å². The molecule has 170 valence electrons. The smallest absolute Gasteiger partial charge is 0.283 e. The average Bonchev–Trinajstić information content (AvgIpc) is 3.06. The monoisotopic (exact) mass is 456 g/mol. The van der Waals surface area contributed by atoms with Gasteiger partial charge in [0.25, 0.3) is 10.0 Å². The largest absolute Gasteiger partial charge is 0.475 e. The van der Waals surface area contributed by atoms with Crippen molar-refractivity contribution in [3.63, 3.8) is 0 Å². The molecule has 3 heterocycles. The first-order valence-electron chi connectivity index (χ1n) is 10.5. The molecule has 0 aliphatic carbocycles. The predicted octanol–water partition coefficient (Wildman–Crippen LogP) is 3.51. The molecule has 0 saturated carbocycles. The second kappa shape index (κ2) is 8.42. The van der Waals surface area contributed by atoms with E-state index in [1.807, 2.05) is 32.0 Å². The summed E-state index contributed by atoms with van der Waals surface area (Å²) in [6.07, 6.45) is 0.827. The van der Waals surface area contributed by atoms with E-state index in [-0.39, 0.29) is 17.0 Å². The van der Waals surface area contributed by atoms with Crippen molar-refractivity contribution in [3.05, 3.63) is 41.5 Å². The van der Waals surface area contributed by atoms with Gasteiger partial charge in [0.15, 0.2) is 5.03 Å². The van der Waals surface area contributed by atoms with Crippen LogP contribution in [0.4, 0.5) is 11.8 Å². The zero-order valence-electron chi connectivity index (χ0n) is 18.9. The SMILES string of the molecule is Cc1cccc(C)c1-c1cc2nc(n1)NS(=O)(=O)c1cc(n(C)n1)N[C@H](CC(C)C)CO2. The molecule has 2 N–H and O–H groups in total. The molecule has 9 nitrogen and oxygen atoms in total. The third-order valence-electron chi connectivity index (χ3n) is 5.34. The minimum Gasteiger partial charge on any atom is -0.475 e. The Morgan fingerprint density at radius 1 is 1.19 bits per heavy atom. The molecule has 4 rings (SSSR count). The maximum Gasteiger partial charge on any atom is 0.283 e. The fourth-order valence-electron chi connectivity index (χ4n) is 3.90. The summed E-state index contributed by atoms with van der Waals surface area (Å²) >= 11 is 0. The van der Waals surface area contributed by atoms with E-state index in [4.69, 9.17) is 4.74 Å². The number of aromatic nitrogens is 4. The zero-order chi connectivity index (χ0) is 23.0. The average molecular weight is 457 g/mol. The summed E-state index contributed by atoms with van der Waals surface area (Å²) in [5.74, 6) is 1.26. The van der Waals surface area contributed by atoms with Crippen LogP contribution < -0.4 is 14.8 Å². The van der Waals surface area contributed by atoms with E-state index in [9.17, 15) is 8.42 Å². The molecule has 0 amide bonds. The van der Waals surface area contributed by atoms with Gasteiger partial charge in [0.2, 0.25) is 11.8 Å². The van der Waals surface area contributed by atoms with Gasteiger partial charge in [-0.2, -0.15) is 18.5 Å². The van der Waals surface area contributed by atoms with Gasteiger partial charge in [-0.1, -0.05) is 32.0 Å². The lowest BCUT2D eigenvalue weighted by Crippen LogP contribution is -2.30. The van der Waals surface area contributed by atoms with Crippen LogP contribution in [0.25, 0.3) is 11.3 Å². The standard InChI is InChI=1S/C22H28N6O3S/c1-13(2)9-16-12-31-19-10-17(21-14(3)7-6-8-15(21)4)24-22(25-19)27-32(29,30)20-11-18(23-16)28(5)26-20/h6-8,10-11,13,16,23H,9,12H2,1-5H3,(H,24,25,27)/t16-/m1/s1. The molecule has 1 aliphatic heterocycles. The number of nitrogens with zero attached hydrogens (tertiary/aromatic N) is 4. The van der Waals surface area contributed by atoms with Crippen molar-refractivity contribution in [2.45, 2.75) is 45.2 Å². The maximum absolute atomic E-state index is 13.0. The molecule has 0 fully saturated rings. The van der Waals surface area contributed by atoms with Crippen LogP contribution in [0.5, 0.6) is 5.88 Å². The van der Waals surface area contributed by atoms with Crippen LogP contribution in [0.2, 0.25) is 0 Å². The summed E-state index contributed by atoms with van der Waals surface area (Å²) in [4.78, 5) is 8.82. The minimum absolute atomic E-state index is 0.0544. The van der Waals surface area contributed by atoms with Gasteiger partial charge < -0.3 is 10.1 Å². The van der Waals surface area contributed by atoms with Crippen molar-refractivity contribution in [1.82, 2.24) is 19.7 Å². The Balaban J connectivity index is 1.84. The van der Waals surface area contributed by atoms with Gasteiger partial charge in [-0.3, -0.25) is 4.68 Å². The Morgan fingerprint density at radius 3 is 2.59 bits per heavy atom.